The van der Waals surface area contributed by atoms with Crippen molar-refractivity contribution in [1.29, 1.82) is 0 Å². The van der Waals surface area contributed by atoms with E-state index in [9.17, 15) is 19.5 Å². The third-order valence-electron chi connectivity index (χ3n) is 4.24. The zero-order valence-corrected chi connectivity index (χ0v) is 18.7. The van der Waals surface area contributed by atoms with Crippen molar-refractivity contribution >= 4 is 71.2 Å². The van der Waals surface area contributed by atoms with Crippen molar-refractivity contribution in [2.75, 3.05) is 10.6 Å². The molecule has 0 unspecified atom stereocenters. The van der Waals surface area contributed by atoms with Gasteiger partial charge in [-0.3, -0.25) is 9.59 Å². The lowest BCUT2D eigenvalue weighted by molar-refractivity contribution is -0.120. The number of carboxylic acids is 1. The quantitative estimate of drug-likeness (QED) is 0.393. The molecule has 0 atom stereocenters. The maximum Gasteiger partial charge on any atom is 0.338 e. The van der Waals surface area contributed by atoms with Crippen LogP contribution in [0, 0.1) is 6.92 Å². The van der Waals surface area contributed by atoms with Gasteiger partial charge in [-0.15, -0.1) is 0 Å². The number of carbonyl (C=O) groups excluding carboxylic acids is 2. The van der Waals surface area contributed by atoms with Gasteiger partial charge in [0.25, 0.3) is 0 Å². The Kier molecular flexibility index (Phi) is 5.31. The molecule has 0 aliphatic rings. The number of amides is 2. The predicted molar refractivity (Wildman–Crippen MR) is 118 cm³/mol. The Labute approximate surface area is 179 Å². The molecule has 10 nitrogen and oxygen atoms in total. The molecule has 2 aromatic heterocycles. The van der Waals surface area contributed by atoms with Gasteiger partial charge in [0.1, 0.15) is 0 Å². The first-order valence-electron chi connectivity index (χ1n) is 8.87. The smallest absolute Gasteiger partial charge is 0.338 e. The average molecular weight is 451 g/mol. The molecule has 0 fully saturated rings. The SMILES string of the molecule is Cc1c2nc(NC(=O)C(C)(C)N)sc2c(C(=O)O)c2sc(NC(=O)C(C)(C)N)nc12. The number of benzene rings is 1. The summed E-state index contributed by atoms with van der Waals surface area (Å²) in [5.74, 6) is -2.04. The van der Waals surface area contributed by atoms with Gasteiger partial charge < -0.3 is 27.2 Å². The highest BCUT2D eigenvalue weighted by Gasteiger charge is 2.28. The first-order valence-corrected chi connectivity index (χ1v) is 10.5. The summed E-state index contributed by atoms with van der Waals surface area (Å²) in [6.07, 6.45) is 0. The fourth-order valence-corrected chi connectivity index (χ4v) is 4.71. The summed E-state index contributed by atoms with van der Waals surface area (Å²) in [6, 6.07) is 0. The summed E-state index contributed by atoms with van der Waals surface area (Å²) in [5.41, 5.74) is 10.8. The van der Waals surface area contributed by atoms with E-state index in [1.165, 1.54) is 0 Å². The molecule has 12 heteroatoms. The van der Waals surface area contributed by atoms with Crippen LogP contribution in [0.5, 0.6) is 0 Å². The number of thiazole rings is 2. The first kappa shape index (κ1) is 22.0. The molecule has 0 aliphatic carbocycles. The molecule has 0 saturated heterocycles. The molecule has 1 aromatic carbocycles. The number of nitrogens with zero attached hydrogens (tertiary/aromatic N) is 2. The number of hydrogen-bond donors (Lipinski definition) is 5. The lowest BCUT2D eigenvalue weighted by atomic mass is 10.1. The van der Waals surface area contributed by atoms with Crippen LogP contribution in [0.1, 0.15) is 43.6 Å². The number of carbonyl (C=O) groups is 3. The van der Waals surface area contributed by atoms with Gasteiger partial charge in [-0.25, -0.2) is 14.8 Å². The van der Waals surface area contributed by atoms with Crippen LogP contribution in [0.25, 0.3) is 20.4 Å². The Hall–Kier alpha value is -2.67. The molecule has 3 aromatic rings. The summed E-state index contributed by atoms with van der Waals surface area (Å²) in [7, 11) is 0. The highest BCUT2D eigenvalue weighted by Crippen LogP contribution is 2.41. The lowest BCUT2D eigenvalue weighted by Gasteiger charge is -2.16. The van der Waals surface area contributed by atoms with E-state index in [1.54, 1.807) is 34.6 Å². The standard InChI is InChI=1S/C18H22N6O4S2/c1-6-8-10(29-15(21-8)23-13(27)17(2,3)19)7(12(25)26)11-9(6)22-16(30-11)24-14(28)18(4,5)20/h19-20H2,1-5H3,(H,25,26)(H,21,23,27)(H,22,24,28). The first-order chi connectivity index (χ1) is 13.7. The summed E-state index contributed by atoms with van der Waals surface area (Å²) in [4.78, 5) is 45.2. The van der Waals surface area contributed by atoms with Crippen LogP contribution in [0.4, 0.5) is 10.3 Å². The maximum atomic E-state index is 12.2. The zero-order valence-electron chi connectivity index (χ0n) is 17.0. The van der Waals surface area contributed by atoms with Crippen LogP contribution in [0.15, 0.2) is 0 Å². The Balaban J connectivity index is 2.16. The molecule has 0 radical (unpaired) electrons. The normalized spacial score (nSPS) is 12.4. The molecule has 2 amide bonds. The monoisotopic (exact) mass is 450 g/mol. The summed E-state index contributed by atoms with van der Waals surface area (Å²) in [5, 5.41) is 15.6. The Morgan fingerprint density at radius 1 is 0.867 bits per heavy atom. The molecule has 30 heavy (non-hydrogen) atoms. The molecule has 0 saturated carbocycles. The number of aromatic nitrogens is 2. The van der Waals surface area contributed by atoms with Crippen LogP contribution >= 0.6 is 22.7 Å². The molecular formula is C18H22N6O4S2. The predicted octanol–water partition coefficient (Wildman–Crippen LogP) is 2.26. The maximum absolute atomic E-state index is 12.2. The van der Waals surface area contributed by atoms with Crippen molar-refractivity contribution in [3.05, 3.63) is 11.1 Å². The van der Waals surface area contributed by atoms with E-state index in [0.29, 0.717) is 26.0 Å². The van der Waals surface area contributed by atoms with Crippen LogP contribution in [0.3, 0.4) is 0 Å². The van der Waals surface area contributed by atoms with Crippen molar-refractivity contribution in [2.45, 2.75) is 45.7 Å². The highest BCUT2D eigenvalue weighted by atomic mass is 32.1. The number of anilines is 2. The van der Waals surface area contributed by atoms with Crippen molar-refractivity contribution in [1.82, 2.24) is 9.97 Å². The Morgan fingerprint density at radius 2 is 1.23 bits per heavy atom. The van der Waals surface area contributed by atoms with Crippen molar-refractivity contribution in [2.24, 2.45) is 11.5 Å². The number of rotatable bonds is 5. The Bertz CT molecular complexity index is 1120. The van der Waals surface area contributed by atoms with Gasteiger partial charge >= 0.3 is 5.97 Å². The van der Waals surface area contributed by atoms with Crippen LogP contribution in [-0.2, 0) is 9.59 Å². The summed E-state index contributed by atoms with van der Waals surface area (Å²) < 4.78 is 0.802. The van der Waals surface area contributed by atoms with E-state index in [1.807, 2.05) is 0 Å². The van der Waals surface area contributed by atoms with Gasteiger partial charge in [0.15, 0.2) is 10.3 Å². The molecule has 0 aliphatic heterocycles. The number of nitrogens with two attached hydrogens (primary N) is 2. The van der Waals surface area contributed by atoms with E-state index in [-0.39, 0.29) is 15.8 Å². The van der Waals surface area contributed by atoms with E-state index in [0.717, 1.165) is 22.7 Å². The van der Waals surface area contributed by atoms with Crippen molar-refractivity contribution < 1.29 is 19.5 Å². The molecule has 0 spiro atoms. The molecule has 160 valence electrons. The van der Waals surface area contributed by atoms with Crippen molar-refractivity contribution in [3.8, 4) is 0 Å². The third-order valence-corrected chi connectivity index (χ3v) is 6.22. The number of hydrogen-bond acceptors (Lipinski definition) is 9. The Morgan fingerprint density at radius 3 is 1.53 bits per heavy atom. The number of fused-ring (bicyclic) bond motifs is 2. The van der Waals surface area contributed by atoms with Gasteiger partial charge in [-0.05, 0) is 34.6 Å². The molecular weight excluding hydrogens is 428 g/mol. The minimum Gasteiger partial charge on any atom is -0.478 e. The van der Waals surface area contributed by atoms with Crippen molar-refractivity contribution in [3.63, 3.8) is 0 Å². The average Bonchev–Trinajstić information content (AvgIpc) is 3.17. The second kappa shape index (κ2) is 7.23. The van der Waals surface area contributed by atoms with Crippen LogP contribution in [0.2, 0.25) is 0 Å². The van der Waals surface area contributed by atoms with E-state index in [4.69, 9.17) is 11.5 Å². The van der Waals surface area contributed by atoms with E-state index in [2.05, 4.69) is 20.6 Å². The number of aryl methyl sites for hydroxylation is 1. The summed E-state index contributed by atoms with van der Waals surface area (Å²) >= 11 is 2.09. The minimum atomic E-state index is -1.16. The van der Waals surface area contributed by atoms with E-state index >= 15 is 0 Å². The summed E-state index contributed by atoms with van der Waals surface area (Å²) in [6.45, 7) is 7.99. The fourth-order valence-electron chi connectivity index (χ4n) is 2.52. The minimum absolute atomic E-state index is 0.0145. The number of nitrogens with one attached hydrogen (secondary N) is 2. The largest absolute Gasteiger partial charge is 0.478 e. The van der Waals surface area contributed by atoms with E-state index < -0.39 is 28.9 Å². The second-order valence-electron chi connectivity index (χ2n) is 8.05. The van der Waals surface area contributed by atoms with Gasteiger partial charge in [0.05, 0.1) is 37.1 Å². The molecule has 2 heterocycles. The number of carboxylic acid groups (broad SMARTS) is 1. The highest BCUT2D eigenvalue weighted by molar-refractivity contribution is 7.25. The van der Waals surface area contributed by atoms with Crippen LogP contribution < -0.4 is 22.1 Å². The molecule has 3 rings (SSSR count). The van der Waals surface area contributed by atoms with Gasteiger partial charge in [-0.2, -0.15) is 0 Å². The molecule has 7 N–H and O–H groups in total. The number of aromatic carboxylic acids is 1. The molecule has 0 bridgehead atoms. The second-order valence-corrected chi connectivity index (χ2v) is 10.0. The van der Waals surface area contributed by atoms with Gasteiger partial charge in [0.2, 0.25) is 11.8 Å². The lowest BCUT2D eigenvalue weighted by Crippen LogP contribution is -2.45. The zero-order chi connectivity index (χ0) is 22.6. The van der Waals surface area contributed by atoms with Gasteiger partial charge in [0, 0.05) is 5.56 Å². The topological polar surface area (TPSA) is 173 Å². The van der Waals surface area contributed by atoms with Crippen LogP contribution in [-0.4, -0.2) is 43.9 Å². The third kappa shape index (κ3) is 3.99. The van der Waals surface area contributed by atoms with Gasteiger partial charge in [-0.1, -0.05) is 22.7 Å². The fraction of sp³-hybridized carbons (Fsp3) is 0.389.